The second-order valence-electron chi connectivity index (χ2n) is 3.99. The highest BCUT2D eigenvalue weighted by Gasteiger charge is 2.12. The zero-order valence-electron chi connectivity index (χ0n) is 10.0. The monoisotopic (exact) mass is 308 g/mol. The topological polar surface area (TPSA) is 29.3 Å². The molecule has 0 aliphatic carbocycles. The summed E-state index contributed by atoms with van der Waals surface area (Å²) in [5, 5.41) is 0. The third-order valence-corrected chi connectivity index (χ3v) is 3.33. The third-order valence-electron chi connectivity index (χ3n) is 2.84. The molecule has 94 valence electrons. The minimum absolute atomic E-state index is 0.245. The fourth-order valence-electron chi connectivity index (χ4n) is 1.90. The van der Waals surface area contributed by atoms with Gasteiger partial charge in [-0.2, -0.15) is 0 Å². The number of benzene rings is 2. The molecule has 4 heteroatoms. The molecule has 0 fully saturated rings. The van der Waals surface area contributed by atoms with Crippen LogP contribution < -0.4 is 10.6 Å². The largest absolute Gasteiger partial charge is 0.342 e. The number of halogens is 2. The fraction of sp³-hybridized carbons (Fsp3) is 0.143. The zero-order chi connectivity index (χ0) is 13.1. The summed E-state index contributed by atoms with van der Waals surface area (Å²) < 4.78 is 14.7. The van der Waals surface area contributed by atoms with Gasteiger partial charge in [-0.15, -0.1) is 0 Å². The summed E-state index contributed by atoms with van der Waals surface area (Å²) in [5.41, 5.74) is 8.14. The van der Waals surface area contributed by atoms with Gasteiger partial charge in [0.2, 0.25) is 0 Å². The minimum atomic E-state index is -0.245. The molecule has 0 aliphatic heterocycles. The van der Waals surface area contributed by atoms with Gasteiger partial charge in [-0.1, -0.05) is 28.1 Å². The lowest BCUT2D eigenvalue weighted by molar-refractivity contribution is 0.627. The molecule has 0 spiro atoms. The van der Waals surface area contributed by atoms with Crippen molar-refractivity contribution in [2.24, 2.45) is 5.73 Å². The van der Waals surface area contributed by atoms with Crippen molar-refractivity contribution >= 4 is 27.3 Å². The summed E-state index contributed by atoms with van der Waals surface area (Å²) in [4.78, 5) is 1.81. The Morgan fingerprint density at radius 2 is 1.89 bits per heavy atom. The maximum absolute atomic E-state index is 13.8. The van der Waals surface area contributed by atoms with Gasteiger partial charge in [-0.3, -0.25) is 0 Å². The summed E-state index contributed by atoms with van der Waals surface area (Å²) in [6.45, 7) is 0.410. The van der Waals surface area contributed by atoms with Crippen molar-refractivity contribution in [3.05, 3.63) is 58.3 Å². The van der Waals surface area contributed by atoms with Crippen molar-refractivity contribution in [2.45, 2.75) is 6.54 Å². The molecule has 0 radical (unpaired) electrons. The summed E-state index contributed by atoms with van der Waals surface area (Å²) in [6, 6.07) is 12.5. The Balaban J connectivity index is 2.46. The first kappa shape index (κ1) is 13.1. The van der Waals surface area contributed by atoms with Crippen LogP contribution >= 0.6 is 15.9 Å². The van der Waals surface area contributed by atoms with Gasteiger partial charge in [0.15, 0.2) is 0 Å². The molecule has 2 aromatic rings. The van der Waals surface area contributed by atoms with Gasteiger partial charge in [0.05, 0.1) is 5.69 Å². The molecule has 2 nitrogen and oxygen atoms in total. The second-order valence-corrected chi connectivity index (χ2v) is 4.90. The van der Waals surface area contributed by atoms with Gasteiger partial charge in [0.25, 0.3) is 0 Å². The lowest BCUT2D eigenvalue weighted by Gasteiger charge is -2.23. The van der Waals surface area contributed by atoms with Crippen LogP contribution in [0.3, 0.4) is 0 Å². The van der Waals surface area contributed by atoms with Gasteiger partial charge < -0.3 is 10.6 Å². The number of rotatable bonds is 3. The average molecular weight is 309 g/mol. The molecule has 0 saturated heterocycles. The Hall–Kier alpha value is -1.39. The summed E-state index contributed by atoms with van der Waals surface area (Å²) >= 11 is 3.41. The molecule has 2 rings (SSSR count). The van der Waals surface area contributed by atoms with E-state index in [4.69, 9.17) is 5.73 Å². The van der Waals surface area contributed by atoms with Crippen molar-refractivity contribution in [1.29, 1.82) is 0 Å². The number of hydrogen-bond acceptors (Lipinski definition) is 2. The highest BCUT2D eigenvalue weighted by atomic mass is 79.9. The number of nitrogens with zero attached hydrogens (tertiary/aromatic N) is 1. The molecule has 0 bridgehead atoms. The highest BCUT2D eigenvalue weighted by molar-refractivity contribution is 9.10. The quantitative estimate of drug-likeness (QED) is 0.934. The van der Waals surface area contributed by atoms with Crippen LogP contribution in [0.25, 0.3) is 0 Å². The Morgan fingerprint density at radius 3 is 2.56 bits per heavy atom. The number of nitrogens with two attached hydrogens (primary N) is 1. The van der Waals surface area contributed by atoms with E-state index in [0.717, 1.165) is 15.7 Å². The van der Waals surface area contributed by atoms with Crippen LogP contribution in [0, 0.1) is 5.82 Å². The molecule has 0 aliphatic rings. The Labute approximate surface area is 114 Å². The molecule has 0 atom stereocenters. The average Bonchev–Trinajstić information content (AvgIpc) is 2.38. The van der Waals surface area contributed by atoms with E-state index in [1.54, 1.807) is 12.1 Å². The maximum atomic E-state index is 13.8. The van der Waals surface area contributed by atoms with Crippen LogP contribution in [-0.4, -0.2) is 7.05 Å². The number of anilines is 2. The molecule has 2 aromatic carbocycles. The van der Waals surface area contributed by atoms with Gasteiger partial charge in [0, 0.05) is 23.8 Å². The first-order valence-electron chi connectivity index (χ1n) is 5.60. The third kappa shape index (κ3) is 2.54. The Morgan fingerprint density at radius 1 is 1.17 bits per heavy atom. The predicted octanol–water partition coefficient (Wildman–Crippen LogP) is 3.81. The van der Waals surface area contributed by atoms with Gasteiger partial charge in [-0.25, -0.2) is 4.39 Å². The van der Waals surface area contributed by atoms with E-state index in [1.165, 1.54) is 6.07 Å². The number of hydrogen-bond donors (Lipinski definition) is 1. The van der Waals surface area contributed by atoms with Gasteiger partial charge in [-0.05, 0) is 35.9 Å². The number of para-hydroxylation sites is 1. The molecule has 0 heterocycles. The van der Waals surface area contributed by atoms with E-state index in [0.29, 0.717) is 12.2 Å². The summed E-state index contributed by atoms with van der Waals surface area (Å²) in [7, 11) is 1.83. The predicted molar refractivity (Wildman–Crippen MR) is 76.5 cm³/mol. The van der Waals surface area contributed by atoms with Crippen molar-refractivity contribution < 1.29 is 4.39 Å². The molecule has 0 saturated carbocycles. The van der Waals surface area contributed by atoms with E-state index in [2.05, 4.69) is 15.9 Å². The van der Waals surface area contributed by atoms with Crippen LogP contribution in [-0.2, 0) is 6.54 Å². The fourth-order valence-corrected chi connectivity index (χ4v) is 2.31. The van der Waals surface area contributed by atoms with Crippen molar-refractivity contribution in [2.75, 3.05) is 11.9 Å². The highest BCUT2D eigenvalue weighted by Crippen LogP contribution is 2.30. The molecule has 0 amide bonds. The van der Waals surface area contributed by atoms with Crippen molar-refractivity contribution in [3.8, 4) is 0 Å². The summed E-state index contributed by atoms with van der Waals surface area (Å²) in [6.07, 6.45) is 0. The smallest absolute Gasteiger partial charge is 0.146 e. The van der Waals surface area contributed by atoms with E-state index < -0.39 is 0 Å². The maximum Gasteiger partial charge on any atom is 0.146 e. The van der Waals surface area contributed by atoms with Gasteiger partial charge >= 0.3 is 0 Å². The molecule has 0 unspecified atom stereocenters. The van der Waals surface area contributed by atoms with E-state index in [9.17, 15) is 4.39 Å². The van der Waals surface area contributed by atoms with Crippen LogP contribution in [0.5, 0.6) is 0 Å². The van der Waals surface area contributed by atoms with Crippen molar-refractivity contribution in [3.63, 3.8) is 0 Å². The standard InChI is InChI=1S/C14H14BrFN2/c1-18(14-5-3-2-4-12(14)16)13-7-6-11(15)8-10(13)9-17/h2-8H,9,17H2,1H3. The Kier molecular flexibility index (Phi) is 3.99. The molecule has 0 aromatic heterocycles. The lowest BCUT2D eigenvalue weighted by atomic mass is 10.1. The molecular formula is C14H14BrFN2. The minimum Gasteiger partial charge on any atom is -0.342 e. The van der Waals surface area contributed by atoms with Crippen molar-refractivity contribution in [1.82, 2.24) is 0 Å². The van der Waals surface area contributed by atoms with Crippen LogP contribution in [0.2, 0.25) is 0 Å². The molecular weight excluding hydrogens is 295 g/mol. The Bertz CT molecular complexity index is 557. The van der Waals surface area contributed by atoms with Crippen LogP contribution in [0.1, 0.15) is 5.56 Å². The van der Waals surface area contributed by atoms with Crippen LogP contribution in [0.4, 0.5) is 15.8 Å². The summed E-state index contributed by atoms with van der Waals surface area (Å²) in [5.74, 6) is -0.245. The van der Waals surface area contributed by atoms with E-state index >= 15 is 0 Å². The first-order valence-corrected chi connectivity index (χ1v) is 6.39. The molecule has 18 heavy (non-hydrogen) atoms. The molecule has 2 N–H and O–H groups in total. The first-order chi connectivity index (χ1) is 8.63. The second kappa shape index (κ2) is 5.50. The van der Waals surface area contributed by atoms with E-state index in [-0.39, 0.29) is 5.82 Å². The van der Waals surface area contributed by atoms with E-state index in [1.807, 2.05) is 36.2 Å². The zero-order valence-corrected chi connectivity index (χ0v) is 11.6. The SMILES string of the molecule is CN(c1ccccc1F)c1ccc(Br)cc1CN. The van der Waals surface area contributed by atoms with Crippen LogP contribution in [0.15, 0.2) is 46.9 Å². The normalized spacial score (nSPS) is 10.4. The lowest BCUT2D eigenvalue weighted by Crippen LogP contribution is -2.14. The van der Waals surface area contributed by atoms with Gasteiger partial charge in [0.1, 0.15) is 5.82 Å².